The van der Waals surface area contributed by atoms with E-state index in [2.05, 4.69) is 26.0 Å². The summed E-state index contributed by atoms with van der Waals surface area (Å²) in [5.74, 6) is 2.88. The molecule has 0 fully saturated rings. The van der Waals surface area contributed by atoms with Crippen molar-refractivity contribution in [2.45, 2.75) is 20.3 Å². The molecule has 2 heteroatoms. The molecule has 0 aliphatic carbocycles. The van der Waals surface area contributed by atoms with Gasteiger partial charge in [-0.25, -0.2) is 0 Å². The molecule has 2 aromatic carbocycles. The van der Waals surface area contributed by atoms with Crippen LogP contribution in [0.25, 0.3) is 0 Å². The zero-order chi connectivity index (χ0) is 14.4. The van der Waals surface area contributed by atoms with Crippen LogP contribution >= 0.6 is 0 Å². The van der Waals surface area contributed by atoms with Gasteiger partial charge >= 0.3 is 0 Å². The SMILES string of the molecule is CC(C)C(CN)Cc1ccc(Oc2ccccc2)cc1. The second kappa shape index (κ2) is 7.11. The van der Waals surface area contributed by atoms with Gasteiger partial charge in [0.05, 0.1) is 0 Å². The van der Waals surface area contributed by atoms with E-state index >= 15 is 0 Å². The predicted molar refractivity (Wildman–Crippen MR) is 84.0 cm³/mol. The van der Waals surface area contributed by atoms with Crippen LogP contribution in [0.5, 0.6) is 11.5 Å². The van der Waals surface area contributed by atoms with E-state index in [1.807, 2.05) is 42.5 Å². The Labute approximate surface area is 121 Å². The summed E-state index contributed by atoms with van der Waals surface area (Å²) in [5, 5.41) is 0. The molecule has 0 heterocycles. The van der Waals surface area contributed by atoms with Crippen molar-refractivity contribution in [3.05, 3.63) is 60.2 Å². The smallest absolute Gasteiger partial charge is 0.127 e. The molecule has 2 aromatic rings. The van der Waals surface area contributed by atoms with E-state index < -0.39 is 0 Å². The van der Waals surface area contributed by atoms with Gasteiger partial charge in [-0.15, -0.1) is 0 Å². The predicted octanol–water partition coefficient (Wildman–Crippen LogP) is 4.25. The summed E-state index contributed by atoms with van der Waals surface area (Å²) in [5.41, 5.74) is 7.14. The number of para-hydroxylation sites is 1. The standard InChI is InChI=1S/C18H23NO/c1-14(2)16(13-19)12-15-8-10-18(11-9-15)20-17-6-4-3-5-7-17/h3-11,14,16H,12-13,19H2,1-2H3. The second-order valence-electron chi connectivity index (χ2n) is 5.50. The van der Waals surface area contributed by atoms with Crippen molar-refractivity contribution < 1.29 is 4.74 Å². The van der Waals surface area contributed by atoms with E-state index in [0.717, 1.165) is 24.5 Å². The van der Waals surface area contributed by atoms with Gasteiger partial charge in [-0.1, -0.05) is 44.2 Å². The molecular weight excluding hydrogens is 246 g/mol. The molecule has 0 bridgehead atoms. The van der Waals surface area contributed by atoms with Crippen LogP contribution in [-0.2, 0) is 6.42 Å². The number of nitrogens with two attached hydrogens (primary N) is 1. The maximum Gasteiger partial charge on any atom is 0.127 e. The summed E-state index contributed by atoms with van der Waals surface area (Å²) >= 11 is 0. The van der Waals surface area contributed by atoms with Crippen LogP contribution in [0.15, 0.2) is 54.6 Å². The van der Waals surface area contributed by atoms with Crippen molar-refractivity contribution in [1.29, 1.82) is 0 Å². The molecule has 0 radical (unpaired) electrons. The zero-order valence-electron chi connectivity index (χ0n) is 12.3. The largest absolute Gasteiger partial charge is 0.457 e. The summed E-state index contributed by atoms with van der Waals surface area (Å²) in [4.78, 5) is 0. The van der Waals surface area contributed by atoms with Crippen LogP contribution in [0.3, 0.4) is 0 Å². The molecule has 2 nitrogen and oxygen atoms in total. The lowest BCUT2D eigenvalue weighted by atomic mass is 9.89. The van der Waals surface area contributed by atoms with Gasteiger partial charge < -0.3 is 10.5 Å². The fraction of sp³-hybridized carbons (Fsp3) is 0.333. The molecule has 0 aromatic heterocycles. The van der Waals surface area contributed by atoms with Crippen LogP contribution in [0.1, 0.15) is 19.4 Å². The Balaban J connectivity index is 1.99. The third kappa shape index (κ3) is 4.10. The van der Waals surface area contributed by atoms with Crippen LogP contribution in [-0.4, -0.2) is 6.54 Å². The summed E-state index contributed by atoms with van der Waals surface area (Å²) in [6.07, 6.45) is 1.03. The number of ether oxygens (including phenoxy) is 1. The third-order valence-corrected chi connectivity index (χ3v) is 3.65. The molecule has 0 aliphatic rings. The van der Waals surface area contributed by atoms with Gasteiger partial charge in [-0.05, 0) is 54.6 Å². The molecule has 0 aliphatic heterocycles. The summed E-state index contributed by atoms with van der Waals surface area (Å²) in [6, 6.07) is 18.1. The minimum absolute atomic E-state index is 0.538. The summed E-state index contributed by atoms with van der Waals surface area (Å²) < 4.78 is 5.79. The van der Waals surface area contributed by atoms with Gasteiger partial charge in [-0.2, -0.15) is 0 Å². The Morgan fingerprint density at radius 3 is 2.05 bits per heavy atom. The van der Waals surface area contributed by atoms with Crippen LogP contribution in [0.4, 0.5) is 0 Å². The highest BCUT2D eigenvalue weighted by Crippen LogP contribution is 2.23. The van der Waals surface area contributed by atoms with Crippen molar-refractivity contribution in [2.24, 2.45) is 17.6 Å². The minimum Gasteiger partial charge on any atom is -0.457 e. The Bertz CT molecular complexity index is 505. The summed E-state index contributed by atoms with van der Waals surface area (Å²) in [6.45, 7) is 5.19. The molecule has 1 unspecified atom stereocenters. The monoisotopic (exact) mass is 269 g/mol. The molecule has 2 N–H and O–H groups in total. The molecule has 0 saturated carbocycles. The van der Waals surface area contributed by atoms with Crippen LogP contribution in [0.2, 0.25) is 0 Å². The quantitative estimate of drug-likeness (QED) is 0.850. The number of hydrogen-bond donors (Lipinski definition) is 1. The fourth-order valence-corrected chi connectivity index (χ4v) is 2.21. The van der Waals surface area contributed by atoms with Crippen molar-refractivity contribution in [3.63, 3.8) is 0 Å². The maximum absolute atomic E-state index is 5.83. The van der Waals surface area contributed by atoms with E-state index in [1.54, 1.807) is 0 Å². The highest BCUT2D eigenvalue weighted by molar-refractivity contribution is 5.33. The third-order valence-electron chi connectivity index (χ3n) is 3.65. The van der Waals surface area contributed by atoms with Gasteiger partial charge in [0, 0.05) is 0 Å². The molecule has 0 amide bonds. The normalized spacial score (nSPS) is 12.4. The van der Waals surface area contributed by atoms with E-state index in [0.29, 0.717) is 11.8 Å². The molecule has 0 spiro atoms. The summed E-state index contributed by atoms with van der Waals surface area (Å²) in [7, 11) is 0. The zero-order valence-corrected chi connectivity index (χ0v) is 12.3. The molecule has 0 saturated heterocycles. The Hall–Kier alpha value is -1.80. The van der Waals surface area contributed by atoms with Gasteiger partial charge in [0.25, 0.3) is 0 Å². The van der Waals surface area contributed by atoms with E-state index in [-0.39, 0.29) is 0 Å². The van der Waals surface area contributed by atoms with Crippen molar-refractivity contribution in [1.82, 2.24) is 0 Å². The van der Waals surface area contributed by atoms with E-state index in [9.17, 15) is 0 Å². The highest BCUT2D eigenvalue weighted by Gasteiger charge is 2.12. The molecular formula is C18H23NO. The average molecular weight is 269 g/mol. The van der Waals surface area contributed by atoms with E-state index in [4.69, 9.17) is 10.5 Å². The maximum atomic E-state index is 5.83. The van der Waals surface area contributed by atoms with Crippen LogP contribution < -0.4 is 10.5 Å². The molecule has 1 atom stereocenters. The second-order valence-corrected chi connectivity index (χ2v) is 5.50. The van der Waals surface area contributed by atoms with Crippen molar-refractivity contribution >= 4 is 0 Å². The van der Waals surface area contributed by atoms with Gasteiger partial charge in [0.15, 0.2) is 0 Å². The highest BCUT2D eigenvalue weighted by atomic mass is 16.5. The fourth-order valence-electron chi connectivity index (χ4n) is 2.21. The Morgan fingerprint density at radius 2 is 1.50 bits per heavy atom. The minimum atomic E-state index is 0.538. The first-order valence-corrected chi connectivity index (χ1v) is 7.21. The first-order chi connectivity index (χ1) is 9.69. The average Bonchev–Trinajstić information content (AvgIpc) is 2.47. The first-order valence-electron chi connectivity index (χ1n) is 7.21. The molecule has 106 valence electrons. The lowest BCUT2D eigenvalue weighted by molar-refractivity contribution is 0.391. The lowest BCUT2D eigenvalue weighted by Crippen LogP contribution is -2.22. The first kappa shape index (κ1) is 14.6. The lowest BCUT2D eigenvalue weighted by Gasteiger charge is -2.18. The number of rotatable bonds is 6. The van der Waals surface area contributed by atoms with Crippen molar-refractivity contribution in [2.75, 3.05) is 6.54 Å². The molecule has 20 heavy (non-hydrogen) atoms. The van der Waals surface area contributed by atoms with Crippen molar-refractivity contribution in [3.8, 4) is 11.5 Å². The Kier molecular flexibility index (Phi) is 5.19. The van der Waals surface area contributed by atoms with E-state index in [1.165, 1.54) is 5.56 Å². The number of benzene rings is 2. The topological polar surface area (TPSA) is 35.2 Å². The molecule has 2 rings (SSSR count). The van der Waals surface area contributed by atoms with Crippen LogP contribution in [0, 0.1) is 11.8 Å². The van der Waals surface area contributed by atoms with Gasteiger partial charge in [0.1, 0.15) is 11.5 Å². The van der Waals surface area contributed by atoms with Gasteiger partial charge in [-0.3, -0.25) is 0 Å². The number of hydrogen-bond acceptors (Lipinski definition) is 2. The van der Waals surface area contributed by atoms with Gasteiger partial charge in [0.2, 0.25) is 0 Å². The Morgan fingerprint density at radius 1 is 0.900 bits per heavy atom.